The largest absolute Gasteiger partial charge is 0.388 e. The zero-order valence-corrected chi connectivity index (χ0v) is 10.7. The van der Waals surface area contributed by atoms with Gasteiger partial charge in [-0.05, 0) is 18.8 Å². The lowest BCUT2D eigenvalue weighted by molar-refractivity contribution is -0.122. The van der Waals surface area contributed by atoms with Gasteiger partial charge in [0.1, 0.15) is 0 Å². The molecule has 3 N–H and O–H groups in total. The first kappa shape index (κ1) is 14.2. The Hall–Kier alpha value is -0.870. The third-order valence-electron chi connectivity index (χ3n) is 3.26. The second-order valence-corrected chi connectivity index (χ2v) is 5.12. The molecule has 4 heteroatoms. The molecule has 0 aromatic rings. The second kappa shape index (κ2) is 6.77. The molecule has 0 aromatic heterocycles. The highest BCUT2D eigenvalue weighted by Crippen LogP contribution is 2.31. The van der Waals surface area contributed by atoms with Crippen molar-refractivity contribution < 1.29 is 9.90 Å². The molecule has 0 aromatic carbocycles. The van der Waals surface area contributed by atoms with Crippen molar-refractivity contribution in [3.05, 3.63) is 12.7 Å². The van der Waals surface area contributed by atoms with Crippen molar-refractivity contribution in [2.45, 2.75) is 38.2 Å². The van der Waals surface area contributed by atoms with Gasteiger partial charge in [-0.25, -0.2) is 0 Å². The summed E-state index contributed by atoms with van der Waals surface area (Å²) >= 11 is 0. The summed E-state index contributed by atoms with van der Waals surface area (Å²) < 4.78 is 0. The van der Waals surface area contributed by atoms with Crippen molar-refractivity contribution in [2.24, 2.45) is 5.92 Å². The molecular formula is C13H24N2O2. The molecule has 0 bridgehead atoms. The van der Waals surface area contributed by atoms with Gasteiger partial charge >= 0.3 is 0 Å². The molecule has 1 amide bonds. The zero-order chi connectivity index (χ0) is 12.7. The molecule has 1 saturated carbocycles. The topological polar surface area (TPSA) is 61.4 Å². The average Bonchev–Trinajstić information content (AvgIpc) is 2.27. The van der Waals surface area contributed by atoms with E-state index in [2.05, 4.69) is 24.1 Å². The van der Waals surface area contributed by atoms with Crippen molar-refractivity contribution in [1.29, 1.82) is 0 Å². The van der Waals surface area contributed by atoms with Crippen LogP contribution in [-0.2, 0) is 4.79 Å². The highest BCUT2D eigenvalue weighted by Gasteiger charge is 2.32. The molecule has 0 heterocycles. The van der Waals surface area contributed by atoms with Gasteiger partial charge in [0.25, 0.3) is 0 Å². The summed E-state index contributed by atoms with van der Waals surface area (Å²) in [5, 5.41) is 16.0. The summed E-state index contributed by atoms with van der Waals surface area (Å²) in [4.78, 5) is 11.5. The van der Waals surface area contributed by atoms with E-state index in [1.165, 1.54) is 6.42 Å². The number of carbonyl (C=O) groups is 1. The summed E-state index contributed by atoms with van der Waals surface area (Å²) in [6, 6.07) is 0. The fraction of sp³-hybridized carbons (Fsp3) is 0.769. The lowest BCUT2D eigenvalue weighted by Gasteiger charge is -2.35. The lowest BCUT2D eigenvalue weighted by Crippen LogP contribution is -2.47. The number of carbonyl (C=O) groups excluding carboxylic acids is 1. The van der Waals surface area contributed by atoms with E-state index < -0.39 is 5.60 Å². The fourth-order valence-corrected chi connectivity index (χ4v) is 2.41. The Labute approximate surface area is 103 Å². The van der Waals surface area contributed by atoms with Crippen LogP contribution in [0.5, 0.6) is 0 Å². The van der Waals surface area contributed by atoms with Gasteiger partial charge in [0.05, 0.1) is 12.1 Å². The Balaban J connectivity index is 2.24. The Bertz CT molecular complexity index is 268. The van der Waals surface area contributed by atoms with Crippen LogP contribution in [0.4, 0.5) is 0 Å². The van der Waals surface area contributed by atoms with Crippen LogP contribution in [0.3, 0.4) is 0 Å². The van der Waals surface area contributed by atoms with E-state index in [0.29, 0.717) is 19.0 Å². The fourth-order valence-electron chi connectivity index (χ4n) is 2.41. The van der Waals surface area contributed by atoms with Crippen LogP contribution in [0.2, 0.25) is 0 Å². The van der Waals surface area contributed by atoms with E-state index in [4.69, 9.17) is 0 Å². The third-order valence-corrected chi connectivity index (χ3v) is 3.26. The summed E-state index contributed by atoms with van der Waals surface area (Å²) in [6.07, 6.45) is 5.51. The number of aliphatic hydroxyl groups is 1. The molecule has 1 fully saturated rings. The van der Waals surface area contributed by atoms with E-state index in [-0.39, 0.29) is 12.5 Å². The van der Waals surface area contributed by atoms with Gasteiger partial charge < -0.3 is 15.7 Å². The van der Waals surface area contributed by atoms with Crippen LogP contribution in [-0.4, -0.2) is 36.2 Å². The quantitative estimate of drug-likeness (QED) is 0.476. The number of hydrogen-bond donors (Lipinski definition) is 3. The molecule has 2 atom stereocenters. The van der Waals surface area contributed by atoms with Gasteiger partial charge in [-0.15, -0.1) is 6.58 Å². The average molecular weight is 240 g/mol. The normalized spacial score (nSPS) is 28.7. The molecule has 0 radical (unpaired) electrons. The van der Waals surface area contributed by atoms with E-state index in [1.54, 1.807) is 6.08 Å². The van der Waals surface area contributed by atoms with E-state index in [1.807, 2.05) is 0 Å². The van der Waals surface area contributed by atoms with Crippen molar-refractivity contribution in [2.75, 3.05) is 19.6 Å². The minimum Gasteiger partial charge on any atom is -0.388 e. The maximum absolute atomic E-state index is 11.5. The van der Waals surface area contributed by atoms with Gasteiger partial charge in [0, 0.05) is 13.1 Å². The van der Waals surface area contributed by atoms with Crippen molar-refractivity contribution in [1.82, 2.24) is 10.6 Å². The minimum atomic E-state index is -0.703. The summed E-state index contributed by atoms with van der Waals surface area (Å²) in [7, 11) is 0. The molecule has 1 aliphatic carbocycles. The molecule has 2 unspecified atom stereocenters. The van der Waals surface area contributed by atoms with Crippen LogP contribution in [0.15, 0.2) is 12.7 Å². The molecule has 0 spiro atoms. The summed E-state index contributed by atoms with van der Waals surface area (Å²) in [5.41, 5.74) is -0.703. The predicted molar refractivity (Wildman–Crippen MR) is 68.7 cm³/mol. The number of hydrogen-bond acceptors (Lipinski definition) is 3. The highest BCUT2D eigenvalue weighted by atomic mass is 16.3. The van der Waals surface area contributed by atoms with E-state index >= 15 is 0 Å². The predicted octanol–water partition coefficient (Wildman–Crippen LogP) is 0.819. The molecule has 1 aliphatic rings. The smallest absolute Gasteiger partial charge is 0.234 e. The van der Waals surface area contributed by atoms with Crippen molar-refractivity contribution >= 4 is 5.91 Å². The van der Waals surface area contributed by atoms with Gasteiger partial charge in [-0.2, -0.15) is 0 Å². The Morgan fingerprint density at radius 3 is 3.06 bits per heavy atom. The van der Waals surface area contributed by atoms with Crippen LogP contribution >= 0.6 is 0 Å². The standard InChI is InChI=1S/C13H24N2O2/c1-3-7-14-9-12(16)15-10-13(17)6-4-5-11(2)8-13/h3,11,14,17H,1,4-10H2,2H3,(H,15,16). The maximum atomic E-state index is 11.5. The van der Waals surface area contributed by atoms with E-state index in [0.717, 1.165) is 19.3 Å². The Kier molecular flexibility index (Phi) is 5.65. The summed E-state index contributed by atoms with van der Waals surface area (Å²) in [6.45, 7) is 6.97. The van der Waals surface area contributed by atoms with Crippen LogP contribution in [0.25, 0.3) is 0 Å². The second-order valence-electron chi connectivity index (χ2n) is 5.12. The van der Waals surface area contributed by atoms with E-state index in [9.17, 15) is 9.90 Å². The van der Waals surface area contributed by atoms with Crippen LogP contribution in [0.1, 0.15) is 32.6 Å². The Morgan fingerprint density at radius 1 is 1.65 bits per heavy atom. The molecule has 98 valence electrons. The molecule has 4 nitrogen and oxygen atoms in total. The molecule has 1 rings (SSSR count). The maximum Gasteiger partial charge on any atom is 0.234 e. The third kappa shape index (κ3) is 5.33. The van der Waals surface area contributed by atoms with Gasteiger partial charge in [-0.1, -0.05) is 25.8 Å². The highest BCUT2D eigenvalue weighted by molar-refractivity contribution is 5.78. The van der Waals surface area contributed by atoms with Crippen molar-refractivity contribution in [3.8, 4) is 0 Å². The number of nitrogens with one attached hydrogen (secondary N) is 2. The number of rotatable bonds is 6. The van der Waals surface area contributed by atoms with Gasteiger partial charge in [0.2, 0.25) is 5.91 Å². The zero-order valence-electron chi connectivity index (χ0n) is 10.7. The Morgan fingerprint density at radius 2 is 2.41 bits per heavy atom. The van der Waals surface area contributed by atoms with Crippen LogP contribution in [0, 0.1) is 5.92 Å². The monoisotopic (exact) mass is 240 g/mol. The molecule has 0 saturated heterocycles. The first-order valence-corrected chi connectivity index (χ1v) is 6.36. The molecular weight excluding hydrogens is 216 g/mol. The minimum absolute atomic E-state index is 0.0708. The van der Waals surface area contributed by atoms with Crippen molar-refractivity contribution in [3.63, 3.8) is 0 Å². The lowest BCUT2D eigenvalue weighted by atomic mass is 9.79. The van der Waals surface area contributed by atoms with Gasteiger partial charge in [0.15, 0.2) is 0 Å². The summed E-state index contributed by atoms with van der Waals surface area (Å²) in [5.74, 6) is 0.475. The first-order valence-electron chi connectivity index (χ1n) is 6.36. The molecule has 17 heavy (non-hydrogen) atoms. The molecule has 0 aliphatic heterocycles. The number of amides is 1. The SMILES string of the molecule is C=CCNCC(=O)NCC1(O)CCCC(C)C1. The first-order chi connectivity index (χ1) is 8.06. The van der Waals surface area contributed by atoms with Gasteiger partial charge in [-0.3, -0.25) is 4.79 Å². The van der Waals surface area contributed by atoms with Crippen LogP contribution < -0.4 is 10.6 Å².